The molecule has 0 unspecified atom stereocenters. The normalized spacial score (nSPS) is 11.0. The SMILES string of the molecule is COc1ccccc1Cn1c(C(=O)NCc2cccc(F)c2)cc2scc(Br)c21. The highest BCUT2D eigenvalue weighted by Gasteiger charge is 2.20. The van der Waals surface area contributed by atoms with Crippen LogP contribution in [0.4, 0.5) is 4.39 Å². The summed E-state index contributed by atoms with van der Waals surface area (Å²) in [5, 5.41) is 4.91. The average Bonchev–Trinajstić information content (AvgIpc) is 3.27. The summed E-state index contributed by atoms with van der Waals surface area (Å²) in [5.41, 5.74) is 3.21. The van der Waals surface area contributed by atoms with E-state index < -0.39 is 0 Å². The predicted molar refractivity (Wildman–Crippen MR) is 117 cm³/mol. The van der Waals surface area contributed by atoms with Crippen LogP contribution >= 0.6 is 27.3 Å². The molecule has 0 spiro atoms. The Hall–Kier alpha value is -2.64. The standard InChI is InChI=1S/C22H18BrFN2O2S/c1-28-19-8-3-2-6-15(19)12-26-18(10-20-21(26)17(23)13-29-20)22(27)25-11-14-5-4-7-16(24)9-14/h2-10,13H,11-12H2,1H3,(H,25,27). The highest BCUT2D eigenvalue weighted by molar-refractivity contribution is 9.10. The first kappa shape index (κ1) is 19.7. The number of para-hydroxylation sites is 1. The van der Waals surface area contributed by atoms with Gasteiger partial charge in [-0.1, -0.05) is 30.3 Å². The maximum Gasteiger partial charge on any atom is 0.268 e. The van der Waals surface area contributed by atoms with Crippen molar-refractivity contribution in [2.45, 2.75) is 13.1 Å². The van der Waals surface area contributed by atoms with Crippen LogP contribution in [0.2, 0.25) is 0 Å². The van der Waals surface area contributed by atoms with Gasteiger partial charge in [0.05, 0.1) is 28.3 Å². The number of rotatable bonds is 6. The van der Waals surface area contributed by atoms with E-state index in [0.29, 0.717) is 17.8 Å². The number of aromatic nitrogens is 1. The molecule has 2 heterocycles. The first-order valence-electron chi connectivity index (χ1n) is 8.97. The number of nitrogens with one attached hydrogen (secondary N) is 1. The van der Waals surface area contributed by atoms with Crippen molar-refractivity contribution in [3.63, 3.8) is 0 Å². The number of fused-ring (bicyclic) bond motifs is 1. The maximum absolute atomic E-state index is 13.4. The molecule has 1 N–H and O–H groups in total. The Bertz CT molecular complexity index is 1180. The van der Waals surface area contributed by atoms with Crippen LogP contribution in [0.3, 0.4) is 0 Å². The fourth-order valence-corrected chi connectivity index (χ4v) is 5.00. The number of benzene rings is 2. The minimum Gasteiger partial charge on any atom is -0.496 e. The average molecular weight is 473 g/mol. The van der Waals surface area contributed by atoms with Crippen LogP contribution in [0.25, 0.3) is 10.2 Å². The van der Waals surface area contributed by atoms with Crippen molar-refractivity contribution in [1.29, 1.82) is 0 Å². The second-order valence-corrected chi connectivity index (χ2v) is 8.30. The van der Waals surface area contributed by atoms with E-state index in [4.69, 9.17) is 4.74 Å². The highest BCUT2D eigenvalue weighted by atomic mass is 79.9. The monoisotopic (exact) mass is 472 g/mol. The molecule has 0 aliphatic carbocycles. The molecule has 2 aromatic carbocycles. The molecule has 29 heavy (non-hydrogen) atoms. The number of carbonyl (C=O) groups is 1. The summed E-state index contributed by atoms with van der Waals surface area (Å²) in [6.45, 7) is 0.747. The van der Waals surface area contributed by atoms with E-state index in [0.717, 1.165) is 26.0 Å². The lowest BCUT2D eigenvalue weighted by atomic mass is 10.2. The van der Waals surface area contributed by atoms with E-state index in [1.54, 1.807) is 30.6 Å². The van der Waals surface area contributed by atoms with Crippen molar-refractivity contribution in [2.24, 2.45) is 0 Å². The third kappa shape index (κ3) is 4.06. The molecule has 7 heteroatoms. The Morgan fingerprint density at radius 1 is 1.21 bits per heavy atom. The highest BCUT2D eigenvalue weighted by Crippen LogP contribution is 2.34. The van der Waals surface area contributed by atoms with E-state index in [2.05, 4.69) is 21.2 Å². The molecule has 0 saturated heterocycles. The van der Waals surface area contributed by atoms with E-state index in [9.17, 15) is 9.18 Å². The summed E-state index contributed by atoms with van der Waals surface area (Å²) in [6, 6.07) is 15.9. The first-order valence-corrected chi connectivity index (χ1v) is 10.6. The number of hydrogen-bond acceptors (Lipinski definition) is 3. The van der Waals surface area contributed by atoms with Gasteiger partial charge in [-0.3, -0.25) is 4.79 Å². The maximum atomic E-state index is 13.4. The number of halogens is 2. The van der Waals surface area contributed by atoms with E-state index >= 15 is 0 Å². The minimum absolute atomic E-state index is 0.209. The first-order chi connectivity index (χ1) is 14.1. The summed E-state index contributed by atoms with van der Waals surface area (Å²) < 4.78 is 22.8. The molecule has 1 amide bonds. The van der Waals surface area contributed by atoms with Gasteiger partial charge in [-0.25, -0.2) is 4.39 Å². The number of nitrogens with zero attached hydrogens (tertiary/aromatic N) is 1. The van der Waals surface area contributed by atoms with Crippen LogP contribution in [0.15, 0.2) is 64.5 Å². The lowest BCUT2D eigenvalue weighted by Gasteiger charge is -2.14. The molecule has 0 aliphatic heterocycles. The molecule has 0 saturated carbocycles. The van der Waals surface area contributed by atoms with Gasteiger partial charge in [0.2, 0.25) is 0 Å². The van der Waals surface area contributed by atoms with Crippen molar-refractivity contribution in [3.05, 3.63) is 87.1 Å². The molecular formula is C22H18BrFN2O2S. The predicted octanol–water partition coefficient (Wildman–Crippen LogP) is 5.59. The Morgan fingerprint density at radius 3 is 2.83 bits per heavy atom. The van der Waals surface area contributed by atoms with Crippen LogP contribution in [-0.4, -0.2) is 17.6 Å². The quantitative estimate of drug-likeness (QED) is 0.397. The second-order valence-electron chi connectivity index (χ2n) is 6.54. The minimum atomic E-state index is -0.319. The lowest BCUT2D eigenvalue weighted by Crippen LogP contribution is -2.25. The topological polar surface area (TPSA) is 43.3 Å². The van der Waals surface area contributed by atoms with Crippen molar-refractivity contribution in [3.8, 4) is 5.75 Å². The van der Waals surface area contributed by atoms with Gasteiger partial charge in [-0.05, 0) is 45.8 Å². The fraction of sp³-hybridized carbons (Fsp3) is 0.136. The number of ether oxygens (including phenoxy) is 1. The number of carbonyl (C=O) groups excluding carboxylic acids is 1. The molecule has 2 aromatic heterocycles. The Morgan fingerprint density at radius 2 is 2.03 bits per heavy atom. The number of hydrogen-bond donors (Lipinski definition) is 1. The zero-order valence-electron chi connectivity index (χ0n) is 15.6. The number of amides is 1. The van der Waals surface area contributed by atoms with Gasteiger partial charge in [0.15, 0.2) is 0 Å². The van der Waals surface area contributed by atoms with Gasteiger partial charge in [-0.2, -0.15) is 0 Å². The van der Waals surface area contributed by atoms with Gasteiger partial charge < -0.3 is 14.6 Å². The van der Waals surface area contributed by atoms with Crippen molar-refractivity contribution in [2.75, 3.05) is 7.11 Å². The zero-order valence-corrected chi connectivity index (χ0v) is 18.0. The van der Waals surface area contributed by atoms with Crippen LogP contribution < -0.4 is 10.1 Å². The van der Waals surface area contributed by atoms with Crippen LogP contribution in [0.1, 0.15) is 21.6 Å². The third-order valence-corrected chi connectivity index (χ3v) is 6.50. The summed E-state index contributed by atoms with van der Waals surface area (Å²) in [4.78, 5) is 13.0. The zero-order chi connectivity index (χ0) is 20.4. The van der Waals surface area contributed by atoms with E-state index in [1.165, 1.54) is 12.1 Å². The van der Waals surface area contributed by atoms with Crippen molar-refractivity contribution >= 4 is 43.4 Å². The van der Waals surface area contributed by atoms with Gasteiger partial charge in [-0.15, -0.1) is 11.3 Å². The summed E-state index contributed by atoms with van der Waals surface area (Å²) in [5.74, 6) is 0.243. The Balaban J connectivity index is 1.67. The van der Waals surface area contributed by atoms with Crippen LogP contribution in [0, 0.1) is 5.82 Å². The summed E-state index contributed by atoms with van der Waals surface area (Å²) in [7, 11) is 1.64. The summed E-state index contributed by atoms with van der Waals surface area (Å²) in [6.07, 6.45) is 0. The molecular weight excluding hydrogens is 455 g/mol. The Kier molecular flexibility index (Phi) is 5.69. The molecule has 4 rings (SSSR count). The van der Waals surface area contributed by atoms with Gasteiger partial charge in [0.1, 0.15) is 17.3 Å². The molecule has 0 fully saturated rings. The molecule has 0 radical (unpaired) electrons. The van der Waals surface area contributed by atoms with Gasteiger partial charge in [0.25, 0.3) is 5.91 Å². The fourth-order valence-electron chi connectivity index (χ4n) is 3.31. The molecule has 0 atom stereocenters. The van der Waals surface area contributed by atoms with Gasteiger partial charge >= 0.3 is 0 Å². The smallest absolute Gasteiger partial charge is 0.268 e. The third-order valence-electron chi connectivity index (χ3n) is 4.67. The van der Waals surface area contributed by atoms with Crippen LogP contribution in [-0.2, 0) is 13.1 Å². The van der Waals surface area contributed by atoms with Crippen molar-refractivity contribution < 1.29 is 13.9 Å². The molecule has 0 bridgehead atoms. The Labute approximate surface area is 180 Å². The molecule has 4 nitrogen and oxygen atoms in total. The van der Waals surface area contributed by atoms with E-state index in [1.807, 2.05) is 40.3 Å². The van der Waals surface area contributed by atoms with E-state index in [-0.39, 0.29) is 18.3 Å². The van der Waals surface area contributed by atoms with Crippen LogP contribution in [0.5, 0.6) is 5.75 Å². The molecule has 148 valence electrons. The number of thiophene rings is 1. The summed E-state index contributed by atoms with van der Waals surface area (Å²) >= 11 is 5.17. The molecule has 0 aliphatic rings. The largest absolute Gasteiger partial charge is 0.496 e. The number of methoxy groups -OCH3 is 1. The van der Waals surface area contributed by atoms with Gasteiger partial charge in [0, 0.05) is 17.5 Å². The van der Waals surface area contributed by atoms with Crippen molar-refractivity contribution in [1.82, 2.24) is 9.88 Å². The lowest BCUT2D eigenvalue weighted by molar-refractivity contribution is 0.0942. The second kappa shape index (κ2) is 8.39. The molecule has 4 aromatic rings.